The molecule has 138 valence electrons. The second-order valence-corrected chi connectivity index (χ2v) is 6.33. The van der Waals surface area contributed by atoms with Crippen molar-refractivity contribution in [3.63, 3.8) is 0 Å². The molecule has 1 heterocycles. The summed E-state index contributed by atoms with van der Waals surface area (Å²) in [6.07, 6.45) is 2.61. The summed E-state index contributed by atoms with van der Waals surface area (Å²) in [5, 5.41) is 6.21. The Morgan fingerprint density at radius 1 is 1.15 bits per heavy atom. The fourth-order valence-corrected chi connectivity index (χ4v) is 3.06. The molecular formula is C20H24ClN3O2. The van der Waals surface area contributed by atoms with E-state index in [1.54, 1.807) is 36.2 Å². The highest BCUT2D eigenvalue weighted by Gasteiger charge is 2.18. The van der Waals surface area contributed by atoms with Gasteiger partial charge in [0, 0.05) is 36.4 Å². The lowest BCUT2D eigenvalue weighted by Crippen LogP contribution is -2.28. The predicted molar refractivity (Wildman–Crippen MR) is 107 cm³/mol. The van der Waals surface area contributed by atoms with Crippen LogP contribution in [0.3, 0.4) is 0 Å². The van der Waals surface area contributed by atoms with Gasteiger partial charge in [-0.25, -0.2) is 0 Å². The van der Waals surface area contributed by atoms with Gasteiger partial charge < -0.3 is 15.5 Å². The molecule has 0 radical (unpaired) electrons. The Morgan fingerprint density at radius 3 is 2.62 bits per heavy atom. The number of benzene rings is 2. The van der Waals surface area contributed by atoms with E-state index >= 15 is 0 Å². The van der Waals surface area contributed by atoms with Crippen LogP contribution in [0.4, 0.5) is 11.4 Å². The Balaban J connectivity index is 0.00000243. The average molecular weight is 374 g/mol. The van der Waals surface area contributed by atoms with E-state index in [2.05, 4.69) is 10.6 Å². The summed E-state index contributed by atoms with van der Waals surface area (Å²) in [7, 11) is 1.74. The van der Waals surface area contributed by atoms with Crippen molar-refractivity contribution < 1.29 is 9.59 Å². The van der Waals surface area contributed by atoms with Crippen molar-refractivity contribution in [2.24, 2.45) is 0 Å². The SMILES string of the molecule is CN(C(=O)c1cccc(NC(=O)CC2CCCN2)c1)c1ccccc1.Cl. The first-order chi connectivity index (χ1) is 12.1. The van der Waals surface area contributed by atoms with Crippen molar-refractivity contribution in [2.75, 3.05) is 23.8 Å². The highest BCUT2D eigenvalue weighted by atomic mass is 35.5. The molecule has 1 fully saturated rings. The second kappa shape index (κ2) is 9.36. The summed E-state index contributed by atoms with van der Waals surface area (Å²) in [5.41, 5.74) is 2.02. The molecule has 2 amide bonds. The first-order valence-corrected chi connectivity index (χ1v) is 8.60. The molecule has 0 bridgehead atoms. The minimum Gasteiger partial charge on any atom is -0.326 e. The third-order valence-corrected chi connectivity index (χ3v) is 4.44. The van der Waals surface area contributed by atoms with E-state index in [0.717, 1.165) is 25.1 Å². The molecule has 26 heavy (non-hydrogen) atoms. The van der Waals surface area contributed by atoms with Gasteiger partial charge in [-0.2, -0.15) is 0 Å². The monoisotopic (exact) mass is 373 g/mol. The number of halogens is 1. The van der Waals surface area contributed by atoms with Crippen LogP contribution in [-0.2, 0) is 4.79 Å². The van der Waals surface area contributed by atoms with E-state index in [1.807, 2.05) is 30.3 Å². The molecule has 2 aromatic carbocycles. The van der Waals surface area contributed by atoms with Crippen molar-refractivity contribution in [1.82, 2.24) is 5.32 Å². The Hall–Kier alpha value is -2.37. The second-order valence-electron chi connectivity index (χ2n) is 6.33. The van der Waals surface area contributed by atoms with Crippen LogP contribution in [0, 0.1) is 0 Å². The summed E-state index contributed by atoms with van der Waals surface area (Å²) in [6, 6.07) is 16.8. The molecule has 1 unspecified atom stereocenters. The standard InChI is InChI=1S/C20H23N3O2.ClH/c1-23(18-10-3-2-4-11-18)20(25)15-7-5-8-17(13-15)22-19(24)14-16-9-6-12-21-16;/h2-5,7-8,10-11,13,16,21H,6,9,12,14H2,1H3,(H,22,24);1H. The molecule has 2 aromatic rings. The molecule has 6 heteroatoms. The molecule has 1 atom stereocenters. The van der Waals surface area contributed by atoms with E-state index in [9.17, 15) is 9.59 Å². The number of anilines is 2. The summed E-state index contributed by atoms with van der Waals surface area (Å²) < 4.78 is 0. The van der Waals surface area contributed by atoms with Crippen LogP contribution in [0.2, 0.25) is 0 Å². The molecule has 1 saturated heterocycles. The molecule has 1 aliphatic heterocycles. The minimum absolute atomic E-state index is 0. The van der Waals surface area contributed by atoms with E-state index in [4.69, 9.17) is 0 Å². The van der Waals surface area contributed by atoms with Gasteiger partial charge in [0.05, 0.1) is 0 Å². The zero-order valence-electron chi connectivity index (χ0n) is 14.8. The van der Waals surface area contributed by atoms with E-state index < -0.39 is 0 Å². The Bertz CT molecular complexity index is 746. The lowest BCUT2D eigenvalue weighted by Gasteiger charge is -2.18. The highest BCUT2D eigenvalue weighted by molar-refractivity contribution is 6.06. The van der Waals surface area contributed by atoms with E-state index in [0.29, 0.717) is 17.7 Å². The number of rotatable bonds is 5. The zero-order valence-corrected chi connectivity index (χ0v) is 15.6. The van der Waals surface area contributed by atoms with Crippen molar-refractivity contribution in [3.05, 3.63) is 60.2 Å². The maximum Gasteiger partial charge on any atom is 0.258 e. The van der Waals surface area contributed by atoms with E-state index in [1.165, 1.54) is 0 Å². The fourth-order valence-electron chi connectivity index (χ4n) is 3.06. The van der Waals surface area contributed by atoms with Gasteiger partial charge in [-0.3, -0.25) is 9.59 Å². The van der Waals surface area contributed by atoms with Crippen molar-refractivity contribution >= 4 is 35.6 Å². The van der Waals surface area contributed by atoms with Crippen LogP contribution < -0.4 is 15.5 Å². The molecular weight excluding hydrogens is 350 g/mol. The van der Waals surface area contributed by atoms with Crippen LogP contribution in [0.25, 0.3) is 0 Å². The van der Waals surface area contributed by atoms with Crippen LogP contribution in [0.5, 0.6) is 0 Å². The molecule has 0 aromatic heterocycles. The largest absolute Gasteiger partial charge is 0.326 e. The molecule has 0 spiro atoms. The summed E-state index contributed by atoms with van der Waals surface area (Å²) in [5.74, 6) is -0.139. The van der Waals surface area contributed by atoms with Crippen LogP contribution in [0.1, 0.15) is 29.6 Å². The molecule has 2 N–H and O–H groups in total. The van der Waals surface area contributed by atoms with Gasteiger partial charge in [0.25, 0.3) is 5.91 Å². The molecule has 1 aliphatic rings. The average Bonchev–Trinajstić information content (AvgIpc) is 3.14. The first kappa shape index (κ1) is 19.9. The third-order valence-electron chi connectivity index (χ3n) is 4.44. The third kappa shape index (κ3) is 5.07. The topological polar surface area (TPSA) is 61.4 Å². The van der Waals surface area contributed by atoms with Gasteiger partial charge in [0.15, 0.2) is 0 Å². The molecule has 0 aliphatic carbocycles. The minimum atomic E-state index is -0.111. The normalized spacial score (nSPS) is 15.8. The highest BCUT2D eigenvalue weighted by Crippen LogP contribution is 2.18. The number of hydrogen-bond donors (Lipinski definition) is 2. The lowest BCUT2D eigenvalue weighted by atomic mass is 10.1. The van der Waals surface area contributed by atoms with Gasteiger partial charge >= 0.3 is 0 Å². The van der Waals surface area contributed by atoms with Gasteiger partial charge in [-0.1, -0.05) is 24.3 Å². The first-order valence-electron chi connectivity index (χ1n) is 8.60. The van der Waals surface area contributed by atoms with Crippen LogP contribution >= 0.6 is 12.4 Å². The molecule has 3 rings (SSSR count). The number of hydrogen-bond acceptors (Lipinski definition) is 3. The van der Waals surface area contributed by atoms with Gasteiger partial charge in [-0.15, -0.1) is 12.4 Å². The van der Waals surface area contributed by atoms with Crippen LogP contribution in [0.15, 0.2) is 54.6 Å². The summed E-state index contributed by atoms with van der Waals surface area (Å²) >= 11 is 0. The lowest BCUT2D eigenvalue weighted by molar-refractivity contribution is -0.116. The van der Waals surface area contributed by atoms with Crippen molar-refractivity contribution in [2.45, 2.75) is 25.3 Å². The Labute approximate surface area is 160 Å². The maximum atomic E-state index is 12.7. The number of carbonyl (C=O) groups is 2. The summed E-state index contributed by atoms with van der Waals surface area (Å²) in [4.78, 5) is 26.4. The number of para-hydroxylation sites is 1. The van der Waals surface area contributed by atoms with Gasteiger partial charge in [0.1, 0.15) is 0 Å². The van der Waals surface area contributed by atoms with Crippen molar-refractivity contribution in [1.29, 1.82) is 0 Å². The van der Waals surface area contributed by atoms with Gasteiger partial charge in [-0.05, 0) is 49.7 Å². The Kier molecular flexibility index (Phi) is 7.18. The maximum absolute atomic E-state index is 12.7. The zero-order chi connectivity index (χ0) is 17.6. The van der Waals surface area contributed by atoms with Gasteiger partial charge in [0.2, 0.25) is 5.91 Å². The predicted octanol–water partition coefficient (Wildman–Crippen LogP) is 3.47. The smallest absolute Gasteiger partial charge is 0.258 e. The number of nitrogens with zero attached hydrogens (tertiary/aromatic N) is 1. The van der Waals surface area contributed by atoms with Crippen molar-refractivity contribution in [3.8, 4) is 0 Å². The number of carbonyl (C=O) groups excluding carboxylic acids is 2. The summed E-state index contributed by atoms with van der Waals surface area (Å²) in [6.45, 7) is 0.980. The number of nitrogens with one attached hydrogen (secondary N) is 2. The fraction of sp³-hybridized carbons (Fsp3) is 0.300. The molecule has 5 nitrogen and oxygen atoms in total. The molecule has 0 saturated carbocycles. The number of amides is 2. The Morgan fingerprint density at radius 2 is 1.92 bits per heavy atom. The quantitative estimate of drug-likeness (QED) is 0.843. The van der Waals surface area contributed by atoms with E-state index in [-0.39, 0.29) is 30.3 Å². The van der Waals surface area contributed by atoms with Crippen LogP contribution in [-0.4, -0.2) is 31.4 Å².